The molecule has 0 unspecified atom stereocenters. The second kappa shape index (κ2) is 10.4. The molecular weight excluding hydrogens is 470 g/mol. The molecular formula is C29H31N3O5. The van der Waals surface area contributed by atoms with Crippen LogP contribution in [0.4, 0.5) is 4.79 Å². The summed E-state index contributed by atoms with van der Waals surface area (Å²) in [7, 11) is 0. The topological polar surface area (TPSA) is 86.0 Å². The summed E-state index contributed by atoms with van der Waals surface area (Å²) in [4.78, 5) is 14.1. The number of nitrogens with zero attached hydrogens (tertiary/aromatic N) is 3. The minimum absolute atomic E-state index is 0.154. The van der Waals surface area contributed by atoms with Crippen LogP contribution in [0.3, 0.4) is 0 Å². The summed E-state index contributed by atoms with van der Waals surface area (Å²) in [6, 6.07) is 16.4. The van der Waals surface area contributed by atoms with Crippen LogP contribution < -0.4 is 9.47 Å². The van der Waals surface area contributed by atoms with Gasteiger partial charge in [0, 0.05) is 43.4 Å². The second-order valence-electron chi connectivity index (χ2n) is 9.89. The van der Waals surface area contributed by atoms with Crippen LogP contribution >= 0.6 is 0 Å². The number of benzene rings is 2. The molecule has 2 aliphatic heterocycles. The Kier molecular flexibility index (Phi) is 6.73. The van der Waals surface area contributed by atoms with E-state index < -0.39 is 0 Å². The van der Waals surface area contributed by atoms with Crippen LogP contribution in [0.1, 0.15) is 43.7 Å². The SMILES string of the molecule is N#Cc1c(-c2ccc(OC(=O)N3CCOCC3)cc2)n(C2CCC2)c2cc(OC3CCOCC3)ccc12. The molecule has 0 atom stereocenters. The monoisotopic (exact) mass is 501 g/mol. The highest BCUT2D eigenvalue weighted by molar-refractivity contribution is 5.95. The van der Waals surface area contributed by atoms with Gasteiger partial charge in [0.15, 0.2) is 0 Å². The Hall–Kier alpha value is -3.54. The quantitative estimate of drug-likeness (QED) is 0.472. The zero-order valence-corrected chi connectivity index (χ0v) is 20.9. The summed E-state index contributed by atoms with van der Waals surface area (Å²) in [6.07, 6.45) is 4.91. The number of amides is 1. The lowest BCUT2D eigenvalue weighted by Crippen LogP contribution is -2.42. The van der Waals surface area contributed by atoms with Gasteiger partial charge in [0.25, 0.3) is 0 Å². The van der Waals surface area contributed by atoms with Crippen molar-refractivity contribution in [2.24, 2.45) is 0 Å². The molecule has 0 N–H and O–H groups in total. The average molecular weight is 502 g/mol. The highest BCUT2D eigenvalue weighted by atomic mass is 16.6. The van der Waals surface area contributed by atoms with E-state index in [2.05, 4.69) is 16.7 Å². The molecule has 1 aromatic heterocycles. The second-order valence-corrected chi connectivity index (χ2v) is 9.89. The van der Waals surface area contributed by atoms with Crippen molar-refractivity contribution >= 4 is 17.0 Å². The van der Waals surface area contributed by atoms with Gasteiger partial charge in [-0.1, -0.05) is 0 Å². The number of nitriles is 1. The zero-order chi connectivity index (χ0) is 25.2. The fraction of sp³-hybridized carbons (Fsp3) is 0.448. The van der Waals surface area contributed by atoms with Gasteiger partial charge in [0.1, 0.15) is 23.7 Å². The number of fused-ring (bicyclic) bond motifs is 1. The molecule has 3 heterocycles. The van der Waals surface area contributed by atoms with Gasteiger partial charge in [-0.25, -0.2) is 4.79 Å². The molecule has 3 aliphatic rings. The summed E-state index contributed by atoms with van der Waals surface area (Å²) >= 11 is 0. The predicted molar refractivity (Wildman–Crippen MR) is 138 cm³/mol. The minimum Gasteiger partial charge on any atom is -0.490 e. The number of hydrogen-bond acceptors (Lipinski definition) is 6. The molecule has 1 aliphatic carbocycles. The van der Waals surface area contributed by atoms with E-state index in [-0.39, 0.29) is 12.2 Å². The Labute approximate surface area is 216 Å². The van der Waals surface area contributed by atoms with Crippen molar-refractivity contribution in [1.29, 1.82) is 5.26 Å². The largest absolute Gasteiger partial charge is 0.490 e. The molecule has 0 spiro atoms. The van der Waals surface area contributed by atoms with Crippen LogP contribution in [0, 0.1) is 11.3 Å². The fourth-order valence-corrected chi connectivity index (χ4v) is 5.36. The smallest absolute Gasteiger partial charge is 0.415 e. The van der Waals surface area contributed by atoms with E-state index in [9.17, 15) is 10.1 Å². The maximum Gasteiger partial charge on any atom is 0.415 e. The van der Waals surface area contributed by atoms with Crippen LogP contribution in [0.25, 0.3) is 22.2 Å². The first-order valence-electron chi connectivity index (χ1n) is 13.2. The van der Waals surface area contributed by atoms with Crippen LogP contribution in [-0.2, 0) is 9.47 Å². The molecule has 2 aromatic carbocycles. The first-order valence-corrected chi connectivity index (χ1v) is 13.2. The van der Waals surface area contributed by atoms with Crippen LogP contribution in [0.2, 0.25) is 0 Å². The normalized spacial score (nSPS) is 18.8. The van der Waals surface area contributed by atoms with E-state index >= 15 is 0 Å². The number of morpholine rings is 1. The van der Waals surface area contributed by atoms with Gasteiger partial charge in [-0.15, -0.1) is 0 Å². The van der Waals surface area contributed by atoms with Gasteiger partial charge < -0.3 is 28.4 Å². The molecule has 192 valence electrons. The first kappa shape index (κ1) is 23.8. The Morgan fingerprint density at radius 3 is 2.30 bits per heavy atom. The van der Waals surface area contributed by atoms with Crippen molar-refractivity contribution in [2.75, 3.05) is 39.5 Å². The molecule has 0 bridgehead atoms. The number of rotatable bonds is 5. The number of hydrogen-bond donors (Lipinski definition) is 0. The number of ether oxygens (including phenoxy) is 4. The molecule has 3 aromatic rings. The molecule has 2 saturated heterocycles. The summed E-state index contributed by atoms with van der Waals surface area (Å²) in [5.41, 5.74) is 3.54. The first-order chi connectivity index (χ1) is 18.2. The third kappa shape index (κ3) is 4.77. The molecule has 6 rings (SSSR count). The van der Waals surface area contributed by atoms with Crippen molar-refractivity contribution in [3.63, 3.8) is 0 Å². The lowest BCUT2D eigenvalue weighted by molar-refractivity contribution is 0.0256. The Morgan fingerprint density at radius 2 is 1.62 bits per heavy atom. The van der Waals surface area contributed by atoms with Crippen molar-refractivity contribution in [1.82, 2.24) is 9.47 Å². The molecule has 1 saturated carbocycles. The van der Waals surface area contributed by atoms with Crippen molar-refractivity contribution < 1.29 is 23.7 Å². The van der Waals surface area contributed by atoms with Gasteiger partial charge >= 0.3 is 6.09 Å². The number of aromatic nitrogens is 1. The Bertz CT molecular complexity index is 1310. The van der Waals surface area contributed by atoms with E-state index in [0.717, 1.165) is 66.8 Å². The molecule has 8 nitrogen and oxygen atoms in total. The van der Waals surface area contributed by atoms with Crippen LogP contribution in [0.15, 0.2) is 42.5 Å². The highest BCUT2D eigenvalue weighted by Gasteiger charge is 2.28. The van der Waals surface area contributed by atoms with E-state index in [1.165, 1.54) is 6.42 Å². The molecule has 0 radical (unpaired) electrons. The lowest BCUT2D eigenvalue weighted by atomic mass is 9.92. The molecule has 8 heteroatoms. The summed E-state index contributed by atoms with van der Waals surface area (Å²) < 4.78 is 25.0. The molecule has 1 amide bonds. The Morgan fingerprint density at radius 1 is 0.919 bits per heavy atom. The molecule has 3 fully saturated rings. The van der Waals surface area contributed by atoms with Crippen molar-refractivity contribution in [3.05, 3.63) is 48.0 Å². The van der Waals surface area contributed by atoms with Gasteiger partial charge in [0.05, 0.1) is 43.2 Å². The maximum atomic E-state index is 12.5. The highest BCUT2D eigenvalue weighted by Crippen LogP contribution is 2.43. The maximum absolute atomic E-state index is 12.5. The van der Waals surface area contributed by atoms with Crippen molar-refractivity contribution in [3.8, 4) is 28.8 Å². The van der Waals surface area contributed by atoms with Gasteiger partial charge in [-0.3, -0.25) is 0 Å². The predicted octanol–water partition coefficient (Wildman–Crippen LogP) is 5.29. The van der Waals surface area contributed by atoms with Crippen LogP contribution in [0.5, 0.6) is 11.5 Å². The van der Waals surface area contributed by atoms with Crippen LogP contribution in [-0.4, -0.2) is 61.2 Å². The van der Waals surface area contributed by atoms with E-state index in [1.54, 1.807) is 17.0 Å². The minimum atomic E-state index is -0.366. The standard InChI is InChI=1S/C29H31N3O5/c30-19-26-25-9-8-24(36-23-10-14-34-15-11-23)18-27(25)32(21-2-1-3-21)28(26)20-4-6-22(7-5-20)37-29(33)31-12-16-35-17-13-31/h4-9,18,21,23H,1-3,10-17H2. The summed E-state index contributed by atoms with van der Waals surface area (Å²) in [5, 5.41) is 11.2. The Balaban J connectivity index is 1.32. The van der Waals surface area contributed by atoms with E-state index in [0.29, 0.717) is 43.7 Å². The zero-order valence-electron chi connectivity index (χ0n) is 20.9. The van der Waals surface area contributed by atoms with E-state index in [1.807, 2.05) is 24.3 Å². The lowest BCUT2D eigenvalue weighted by Gasteiger charge is -2.30. The summed E-state index contributed by atoms with van der Waals surface area (Å²) in [5.74, 6) is 1.32. The van der Waals surface area contributed by atoms with Gasteiger partial charge in [-0.05, 0) is 61.2 Å². The van der Waals surface area contributed by atoms with E-state index in [4.69, 9.17) is 18.9 Å². The summed E-state index contributed by atoms with van der Waals surface area (Å²) in [6.45, 7) is 3.57. The van der Waals surface area contributed by atoms with Crippen molar-refractivity contribution in [2.45, 2.75) is 44.2 Å². The van der Waals surface area contributed by atoms with Gasteiger partial charge in [0.2, 0.25) is 0 Å². The van der Waals surface area contributed by atoms with Gasteiger partial charge in [-0.2, -0.15) is 5.26 Å². The third-order valence-corrected chi connectivity index (χ3v) is 7.60. The third-order valence-electron chi connectivity index (χ3n) is 7.60. The number of carbonyl (C=O) groups excluding carboxylic acids is 1. The number of carbonyl (C=O) groups is 1. The fourth-order valence-electron chi connectivity index (χ4n) is 5.36. The molecule has 37 heavy (non-hydrogen) atoms. The average Bonchev–Trinajstić information content (AvgIpc) is 3.22.